The van der Waals surface area contributed by atoms with Gasteiger partial charge in [0, 0.05) is 5.56 Å². The van der Waals surface area contributed by atoms with Gasteiger partial charge < -0.3 is 10.8 Å². The lowest BCUT2D eigenvalue weighted by molar-refractivity contribution is -0.136. The first-order valence-corrected chi connectivity index (χ1v) is 9.83. The first-order valence-electron chi connectivity index (χ1n) is 9.83. The van der Waals surface area contributed by atoms with Gasteiger partial charge in [0.2, 0.25) is 0 Å². The van der Waals surface area contributed by atoms with Crippen molar-refractivity contribution in [2.45, 2.75) is 20.3 Å². The number of rotatable bonds is 5. The van der Waals surface area contributed by atoms with Crippen LogP contribution in [0.15, 0.2) is 60.7 Å². The molecule has 0 saturated heterocycles. The lowest BCUT2D eigenvalue weighted by Gasteiger charge is -2.14. The number of carboxylic acids is 1. The third-order valence-corrected chi connectivity index (χ3v) is 5.28. The summed E-state index contributed by atoms with van der Waals surface area (Å²) >= 11 is 0. The lowest BCUT2D eigenvalue weighted by Crippen LogP contribution is -2.17. The monoisotopic (exact) mass is 411 g/mol. The van der Waals surface area contributed by atoms with Crippen LogP contribution in [-0.2, 0) is 11.2 Å². The van der Waals surface area contributed by atoms with E-state index in [1.54, 1.807) is 6.92 Å². The van der Waals surface area contributed by atoms with Crippen LogP contribution in [0.2, 0.25) is 0 Å². The van der Waals surface area contributed by atoms with Crippen LogP contribution in [0, 0.1) is 13.8 Å². The first-order chi connectivity index (χ1) is 14.8. The van der Waals surface area contributed by atoms with Gasteiger partial charge in [0.15, 0.2) is 0 Å². The molecule has 4 aromatic rings. The van der Waals surface area contributed by atoms with Gasteiger partial charge in [-0.1, -0.05) is 60.7 Å². The number of aryl methyl sites for hydroxylation is 2. The van der Waals surface area contributed by atoms with E-state index in [0.29, 0.717) is 11.4 Å². The van der Waals surface area contributed by atoms with Gasteiger partial charge in [-0.2, -0.15) is 0 Å². The van der Waals surface area contributed by atoms with Crippen LogP contribution in [0.3, 0.4) is 0 Å². The van der Waals surface area contributed by atoms with Crippen molar-refractivity contribution in [3.63, 3.8) is 0 Å². The van der Waals surface area contributed by atoms with E-state index in [2.05, 4.69) is 9.97 Å². The van der Waals surface area contributed by atoms with E-state index in [1.165, 1.54) is 0 Å². The molecule has 0 saturated carbocycles. The summed E-state index contributed by atoms with van der Waals surface area (Å²) in [6, 6.07) is 19.5. The van der Waals surface area contributed by atoms with Crippen LogP contribution in [0.4, 0.5) is 0 Å². The van der Waals surface area contributed by atoms with Crippen molar-refractivity contribution in [3.8, 4) is 22.4 Å². The van der Waals surface area contributed by atoms with Crippen molar-refractivity contribution < 1.29 is 14.7 Å². The highest BCUT2D eigenvalue weighted by molar-refractivity contribution is 6.05. The van der Waals surface area contributed by atoms with E-state index >= 15 is 0 Å². The minimum Gasteiger partial charge on any atom is -0.481 e. The van der Waals surface area contributed by atoms with E-state index in [9.17, 15) is 9.59 Å². The maximum Gasteiger partial charge on any atom is 0.307 e. The molecule has 0 unspecified atom stereocenters. The summed E-state index contributed by atoms with van der Waals surface area (Å²) in [5.41, 5.74) is 11.1. The molecule has 3 N–H and O–H groups in total. The Hall–Kier alpha value is -4.06. The predicted molar refractivity (Wildman–Crippen MR) is 120 cm³/mol. The number of nitrogens with two attached hydrogens (primary N) is 1. The third kappa shape index (κ3) is 3.88. The minimum absolute atomic E-state index is 0.00642. The zero-order chi connectivity index (χ0) is 22.1. The van der Waals surface area contributed by atoms with E-state index < -0.39 is 11.9 Å². The van der Waals surface area contributed by atoms with Crippen molar-refractivity contribution in [1.82, 2.24) is 9.97 Å². The van der Waals surface area contributed by atoms with Crippen molar-refractivity contribution in [3.05, 3.63) is 83.3 Å². The molecule has 6 nitrogen and oxygen atoms in total. The lowest BCUT2D eigenvalue weighted by atomic mass is 9.92. The van der Waals surface area contributed by atoms with Crippen LogP contribution in [0.5, 0.6) is 0 Å². The molecule has 31 heavy (non-hydrogen) atoms. The number of aromatic nitrogens is 2. The number of amides is 1. The Bertz CT molecular complexity index is 1330. The SMILES string of the molecule is Cc1nc(C)c(-c2ccc(-c3ccc(CC(=O)O)cc3)c3ccccc23)nc1C(N)=O. The second kappa shape index (κ2) is 7.99. The summed E-state index contributed by atoms with van der Waals surface area (Å²) in [5.74, 6) is -1.46. The predicted octanol–water partition coefficient (Wildman–Crippen LogP) is 4.31. The standard InChI is InChI=1S/C25H21N3O3/c1-14-23(28-24(25(26)31)15(2)27-14)21-12-11-18(19-5-3-4-6-20(19)21)17-9-7-16(8-10-17)13-22(29)30/h3-12H,13H2,1-2H3,(H2,26,31)(H,29,30). The highest BCUT2D eigenvalue weighted by Gasteiger charge is 2.17. The zero-order valence-electron chi connectivity index (χ0n) is 17.2. The summed E-state index contributed by atoms with van der Waals surface area (Å²) in [6.45, 7) is 3.59. The highest BCUT2D eigenvalue weighted by atomic mass is 16.4. The number of aliphatic carboxylic acids is 1. The largest absolute Gasteiger partial charge is 0.481 e. The van der Waals surface area contributed by atoms with Gasteiger partial charge in [0.1, 0.15) is 5.69 Å². The van der Waals surface area contributed by atoms with Crippen molar-refractivity contribution in [1.29, 1.82) is 0 Å². The molecule has 0 aliphatic rings. The summed E-state index contributed by atoms with van der Waals surface area (Å²) in [5, 5.41) is 11.0. The third-order valence-electron chi connectivity index (χ3n) is 5.28. The summed E-state index contributed by atoms with van der Waals surface area (Å²) in [4.78, 5) is 31.8. The van der Waals surface area contributed by atoms with Crippen molar-refractivity contribution in [2.24, 2.45) is 5.73 Å². The Morgan fingerprint density at radius 1 is 0.839 bits per heavy atom. The average Bonchev–Trinajstić information content (AvgIpc) is 2.73. The Morgan fingerprint density at radius 3 is 2.06 bits per heavy atom. The van der Waals surface area contributed by atoms with Crippen LogP contribution in [0.1, 0.15) is 27.4 Å². The first kappa shape index (κ1) is 20.2. The second-order valence-corrected chi connectivity index (χ2v) is 7.43. The van der Waals surface area contributed by atoms with Crippen LogP contribution in [-0.4, -0.2) is 27.0 Å². The number of nitrogens with zero attached hydrogens (tertiary/aromatic N) is 2. The van der Waals surface area contributed by atoms with Crippen LogP contribution >= 0.6 is 0 Å². The highest BCUT2D eigenvalue weighted by Crippen LogP contribution is 2.36. The van der Waals surface area contributed by atoms with Gasteiger partial charge in [0.25, 0.3) is 5.91 Å². The summed E-state index contributed by atoms with van der Waals surface area (Å²) < 4.78 is 0. The maximum atomic E-state index is 11.8. The van der Waals surface area contributed by atoms with Gasteiger partial charge in [-0.3, -0.25) is 14.6 Å². The number of carboxylic acid groups (broad SMARTS) is 1. The Morgan fingerprint density at radius 2 is 1.45 bits per heavy atom. The van der Waals surface area contributed by atoms with Gasteiger partial charge >= 0.3 is 5.97 Å². The second-order valence-electron chi connectivity index (χ2n) is 7.43. The maximum absolute atomic E-state index is 11.8. The van der Waals surface area contributed by atoms with Crippen molar-refractivity contribution in [2.75, 3.05) is 0 Å². The van der Waals surface area contributed by atoms with E-state index in [1.807, 2.05) is 67.6 Å². The van der Waals surface area contributed by atoms with E-state index in [-0.39, 0.29) is 12.1 Å². The summed E-state index contributed by atoms with van der Waals surface area (Å²) in [7, 11) is 0. The number of hydrogen-bond donors (Lipinski definition) is 2. The molecule has 6 heteroatoms. The smallest absolute Gasteiger partial charge is 0.307 e. The Balaban J connectivity index is 1.88. The normalized spacial score (nSPS) is 10.9. The van der Waals surface area contributed by atoms with Gasteiger partial charge in [-0.05, 0) is 41.3 Å². The Kier molecular flexibility index (Phi) is 5.21. The van der Waals surface area contributed by atoms with E-state index in [4.69, 9.17) is 10.8 Å². The number of carbonyl (C=O) groups excluding carboxylic acids is 1. The number of benzene rings is 3. The quantitative estimate of drug-likeness (QED) is 0.509. The molecule has 1 aromatic heterocycles. The molecule has 0 bridgehead atoms. The molecule has 0 spiro atoms. The van der Waals surface area contributed by atoms with Gasteiger partial charge in [-0.15, -0.1) is 0 Å². The molecule has 0 radical (unpaired) electrons. The van der Waals surface area contributed by atoms with E-state index in [0.717, 1.165) is 38.7 Å². The fraction of sp³-hybridized carbons (Fsp3) is 0.120. The Labute approximate surface area is 179 Å². The van der Waals surface area contributed by atoms with Gasteiger partial charge in [-0.25, -0.2) is 4.98 Å². The zero-order valence-corrected chi connectivity index (χ0v) is 17.2. The van der Waals surface area contributed by atoms with Gasteiger partial charge in [0.05, 0.1) is 23.5 Å². The number of fused-ring (bicyclic) bond motifs is 1. The molecule has 4 rings (SSSR count). The molecule has 0 fully saturated rings. The fourth-order valence-electron chi connectivity index (χ4n) is 3.85. The number of hydrogen-bond acceptors (Lipinski definition) is 4. The molecule has 154 valence electrons. The fourth-order valence-corrected chi connectivity index (χ4v) is 3.85. The molecule has 0 atom stereocenters. The molecular formula is C25H21N3O3. The minimum atomic E-state index is -0.854. The van der Waals surface area contributed by atoms with Crippen molar-refractivity contribution >= 4 is 22.6 Å². The number of carbonyl (C=O) groups is 2. The van der Waals surface area contributed by atoms with Crippen LogP contribution in [0.25, 0.3) is 33.2 Å². The topological polar surface area (TPSA) is 106 Å². The number of primary amides is 1. The molecule has 0 aliphatic carbocycles. The molecule has 1 heterocycles. The summed E-state index contributed by atoms with van der Waals surface area (Å²) in [6.07, 6.45) is -0.00642. The average molecular weight is 411 g/mol. The molecule has 0 aliphatic heterocycles. The molecule has 3 aromatic carbocycles. The molecular weight excluding hydrogens is 390 g/mol. The molecule has 1 amide bonds. The van der Waals surface area contributed by atoms with Crippen LogP contribution < -0.4 is 5.73 Å².